The van der Waals surface area contributed by atoms with Crippen LogP contribution in [0.2, 0.25) is 0 Å². The van der Waals surface area contributed by atoms with Gasteiger partial charge in [0.15, 0.2) is 0 Å². The molecular formula is C24H21NO4S. The molecule has 1 unspecified atom stereocenters. The van der Waals surface area contributed by atoms with Crippen molar-refractivity contribution in [1.29, 1.82) is 0 Å². The number of methoxy groups -OCH3 is 1. The number of nitrogens with two attached hydrogens (primary N) is 1. The second kappa shape index (κ2) is 7.00. The molecule has 152 valence electrons. The molecule has 2 N–H and O–H groups in total. The first-order chi connectivity index (χ1) is 14.4. The summed E-state index contributed by atoms with van der Waals surface area (Å²) in [6.45, 7) is 0. The SMILES string of the molecule is COc1cccc2c1-c1ccc(CS(N)(=O)=O)cc1C(C1=CCc3ccccc31)O2. The highest BCUT2D eigenvalue weighted by molar-refractivity contribution is 7.88. The largest absolute Gasteiger partial charge is 0.496 e. The standard InChI is InChI=1S/C24H21NO4S/c1-28-21-7-4-8-22-23(21)18-11-9-15(14-30(25,26)27)13-20(18)24(29-22)19-12-10-16-5-2-3-6-17(16)19/h2-9,11-13,24H,10,14H2,1H3,(H2,25,26,27). The van der Waals surface area contributed by atoms with Gasteiger partial charge in [-0.2, -0.15) is 0 Å². The Morgan fingerprint density at radius 3 is 2.70 bits per heavy atom. The number of primary sulfonamides is 1. The number of ether oxygens (including phenoxy) is 2. The molecule has 0 radical (unpaired) electrons. The maximum atomic E-state index is 11.7. The molecule has 0 spiro atoms. The van der Waals surface area contributed by atoms with E-state index < -0.39 is 10.0 Å². The van der Waals surface area contributed by atoms with Crippen LogP contribution in [0.3, 0.4) is 0 Å². The lowest BCUT2D eigenvalue weighted by molar-refractivity contribution is 0.259. The van der Waals surface area contributed by atoms with Gasteiger partial charge in [0.2, 0.25) is 10.0 Å². The van der Waals surface area contributed by atoms with Gasteiger partial charge in [-0.25, -0.2) is 13.6 Å². The maximum absolute atomic E-state index is 11.7. The van der Waals surface area contributed by atoms with Crippen LogP contribution in [-0.4, -0.2) is 15.5 Å². The summed E-state index contributed by atoms with van der Waals surface area (Å²) >= 11 is 0. The number of benzene rings is 3. The minimum Gasteiger partial charge on any atom is -0.496 e. The highest BCUT2D eigenvalue weighted by Crippen LogP contribution is 2.51. The fourth-order valence-electron chi connectivity index (χ4n) is 4.40. The highest BCUT2D eigenvalue weighted by Gasteiger charge is 2.33. The zero-order valence-corrected chi connectivity index (χ0v) is 17.3. The Kier molecular flexibility index (Phi) is 4.41. The third-order valence-electron chi connectivity index (χ3n) is 5.64. The molecule has 6 heteroatoms. The summed E-state index contributed by atoms with van der Waals surface area (Å²) in [6, 6.07) is 19.7. The predicted octanol–water partition coefficient (Wildman–Crippen LogP) is 4.22. The van der Waals surface area contributed by atoms with Crippen LogP contribution in [-0.2, 0) is 22.2 Å². The Morgan fingerprint density at radius 1 is 1.07 bits per heavy atom. The molecule has 5 nitrogen and oxygen atoms in total. The van der Waals surface area contributed by atoms with Gasteiger partial charge >= 0.3 is 0 Å². The van der Waals surface area contributed by atoms with Crippen LogP contribution >= 0.6 is 0 Å². The summed E-state index contributed by atoms with van der Waals surface area (Å²) < 4.78 is 35.5. The normalized spacial score (nSPS) is 16.7. The molecule has 1 heterocycles. The highest BCUT2D eigenvalue weighted by atomic mass is 32.2. The van der Waals surface area contributed by atoms with Crippen molar-refractivity contribution >= 4 is 15.6 Å². The number of fused-ring (bicyclic) bond motifs is 4. The average Bonchev–Trinajstić information content (AvgIpc) is 3.15. The first-order valence-electron chi connectivity index (χ1n) is 9.70. The number of hydrogen-bond donors (Lipinski definition) is 1. The summed E-state index contributed by atoms with van der Waals surface area (Å²) in [5.41, 5.74) is 6.91. The molecule has 5 rings (SSSR count). The molecule has 1 aliphatic heterocycles. The van der Waals surface area contributed by atoms with E-state index in [4.69, 9.17) is 14.6 Å². The summed E-state index contributed by atoms with van der Waals surface area (Å²) in [5, 5.41) is 5.30. The molecule has 1 atom stereocenters. The van der Waals surface area contributed by atoms with Crippen molar-refractivity contribution in [2.45, 2.75) is 18.3 Å². The molecule has 1 aliphatic carbocycles. The van der Waals surface area contributed by atoms with Crippen molar-refractivity contribution < 1.29 is 17.9 Å². The van der Waals surface area contributed by atoms with Crippen LogP contribution in [0, 0.1) is 0 Å². The zero-order valence-electron chi connectivity index (χ0n) is 16.5. The summed E-state index contributed by atoms with van der Waals surface area (Å²) in [5.74, 6) is 1.24. The predicted molar refractivity (Wildman–Crippen MR) is 117 cm³/mol. The molecule has 3 aromatic carbocycles. The molecule has 0 fully saturated rings. The summed E-state index contributed by atoms with van der Waals surface area (Å²) in [7, 11) is -2.01. The molecule has 0 saturated carbocycles. The summed E-state index contributed by atoms with van der Waals surface area (Å²) in [4.78, 5) is 0. The van der Waals surface area contributed by atoms with E-state index in [0.29, 0.717) is 11.3 Å². The lowest BCUT2D eigenvalue weighted by Crippen LogP contribution is -2.18. The molecular weight excluding hydrogens is 398 g/mol. The average molecular weight is 420 g/mol. The molecule has 0 bridgehead atoms. The smallest absolute Gasteiger partial charge is 0.213 e. The number of rotatable bonds is 4. The maximum Gasteiger partial charge on any atom is 0.213 e. The Hall–Kier alpha value is -3.09. The van der Waals surface area contributed by atoms with E-state index in [-0.39, 0.29) is 11.9 Å². The molecule has 0 amide bonds. The van der Waals surface area contributed by atoms with E-state index in [9.17, 15) is 8.42 Å². The first-order valence-corrected chi connectivity index (χ1v) is 11.4. The van der Waals surface area contributed by atoms with Gasteiger partial charge in [-0.3, -0.25) is 0 Å². The Morgan fingerprint density at radius 2 is 1.90 bits per heavy atom. The molecule has 0 saturated heterocycles. The van der Waals surface area contributed by atoms with E-state index in [0.717, 1.165) is 40.0 Å². The minimum atomic E-state index is -3.64. The topological polar surface area (TPSA) is 78.6 Å². The molecule has 0 aromatic heterocycles. The van der Waals surface area contributed by atoms with Crippen molar-refractivity contribution in [2.75, 3.05) is 7.11 Å². The van der Waals surface area contributed by atoms with Crippen LogP contribution in [0.1, 0.15) is 28.4 Å². The Labute approximate surface area is 175 Å². The van der Waals surface area contributed by atoms with Gasteiger partial charge < -0.3 is 9.47 Å². The lowest BCUT2D eigenvalue weighted by atomic mass is 9.86. The monoisotopic (exact) mass is 419 g/mol. The molecule has 3 aromatic rings. The van der Waals surface area contributed by atoms with Crippen molar-refractivity contribution in [1.82, 2.24) is 0 Å². The van der Waals surface area contributed by atoms with Gasteiger partial charge in [0, 0.05) is 11.1 Å². The first kappa shape index (κ1) is 18.9. The van der Waals surface area contributed by atoms with Crippen molar-refractivity contribution in [3.8, 4) is 22.6 Å². The summed E-state index contributed by atoms with van der Waals surface area (Å²) in [6.07, 6.45) is 2.70. The van der Waals surface area contributed by atoms with Gasteiger partial charge in [-0.05, 0) is 40.8 Å². The second-order valence-corrected chi connectivity index (χ2v) is 9.20. The number of allylic oxidation sites excluding steroid dienone is 1. The van der Waals surface area contributed by atoms with Gasteiger partial charge in [-0.15, -0.1) is 0 Å². The van der Waals surface area contributed by atoms with E-state index >= 15 is 0 Å². The van der Waals surface area contributed by atoms with Crippen LogP contribution in [0.15, 0.2) is 66.7 Å². The van der Waals surface area contributed by atoms with Crippen molar-refractivity contribution in [3.63, 3.8) is 0 Å². The fraction of sp³-hybridized carbons (Fsp3) is 0.167. The zero-order chi connectivity index (χ0) is 20.9. The lowest BCUT2D eigenvalue weighted by Gasteiger charge is -2.31. The van der Waals surface area contributed by atoms with Crippen molar-refractivity contribution in [3.05, 3.63) is 89.0 Å². The van der Waals surface area contributed by atoms with Gasteiger partial charge in [-0.1, -0.05) is 54.6 Å². The fourth-order valence-corrected chi connectivity index (χ4v) is 5.05. The third kappa shape index (κ3) is 3.18. The quantitative estimate of drug-likeness (QED) is 0.687. The number of hydrogen-bond acceptors (Lipinski definition) is 4. The Balaban J connectivity index is 1.70. The van der Waals surface area contributed by atoms with E-state index in [1.807, 2.05) is 42.5 Å². The van der Waals surface area contributed by atoms with E-state index in [1.165, 1.54) is 5.56 Å². The third-order valence-corrected chi connectivity index (χ3v) is 6.38. The van der Waals surface area contributed by atoms with Crippen LogP contribution in [0.4, 0.5) is 0 Å². The number of sulfonamides is 1. The van der Waals surface area contributed by atoms with Gasteiger partial charge in [0.25, 0.3) is 0 Å². The second-order valence-electron chi connectivity index (χ2n) is 7.58. The molecule has 2 aliphatic rings. The minimum absolute atomic E-state index is 0.221. The van der Waals surface area contributed by atoms with Crippen LogP contribution in [0.25, 0.3) is 16.7 Å². The van der Waals surface area contributed by atoms with E-state index in [2.05, 4.69) is 18.2 Å². The van der Waals surface area contributed by atoms with Gasteiger partial charge in [0.1, 0.15) is 17.6 Å². The molecule has 30 heavy (non-hydrogen) atoms. The van der Waals surface area contributed by atoms with Crippen LogP contribution < -0.4 is 14.6 Å². The van der Waals surface area contributed by atoms with Gasteiger partial charge in [0.05, 0.1) is 18.4 Å². The van der Waals surface area contributed by atoms with E-state index in [1.54, 1.807) is 13.2 Å². The van der Waals surface area contributed by atoms with Crippen molar-refractivity contribution in [2.24, 2.45) is 5.14 Å². The Bertz CT molecular complexity index is 1290. The van der Waals surface area contributed by atoms with Crippen LogP contribution in [0.5, 0.6) is 11.5 Å².